The van der Waals surface area contributed by atoms with E-state index in [1.165, 1.54) is 12.1 Å². The number of amides is 1. The third kappa shape index (κ3) is 3.74. The first kappa shape index (κ1) is 23.0. The van der Waals surface area contributed by atoms with Crippen LogP contribution in [0.2, 0.25) is 0 Å². The van der Waals surface area contributed by atoms with Gasteiger partial charge >= 0.3 is 0 Å². The summed E-state index contributed by atoms with van der Waals surface area (Å²) in [6.07, 6.45) is 0. The summed E-state index contributed by atoms with van der Waals surface area (Å²) in [6.45, 7) is 6.15. The van der Waals surface area contributed by atoms with Crippen molar-refractivity contribution in [3.8, 4) is 22.6 Å². The molecule has 1 N–H and O–H groups in total. The molecule has 1 amide bonds. The number of methoxy groups -OCH3 is 2. The van der Waals surface area contributed by atoms with Gasteiger partial charge in [0.25, 0.3) is 5.91 Å². The average molecular weight is 478 g/mol. The molecule has 0 radical (unpaired) electrons. The van der Waals surface area contributed by atoms with Crippen molar-refractivity contribution in [2.45, 2.75) is 32.9 Å². The summed E-state index contributed by atoms with van der Waals surface area (Å²) in [6, 6.07) is 14.3. The van der Waals surface area contributed by atoms with Crippen molar-refractivity contribution in [2.75, 3.05) is 36.3 Å². The second-order valence-electron chi connectivity index (χ2n) is 9.26. The zero-order valence-corrected chi connectivity index (χ0v) is 20.4. The van der Waals surface area contributed by atoms with Crippen molar-refractivity contribution in [1.82, 2.24) is 0 Å². The lowest BCUT2D eigenvalue weighted by molar-refractivity contribution is -0.122. The molecule has 0 saturated heterocycles. The van der Waals surface area contributed by atoms with Crippen LogP contribution >= 0.6 is 0 Å². The normalized spacial score (nSPS) is 15.7. The van der Waals surface area contributed by atoms with Gasteiger partial charge in [0.15, 0.2) is 6.79 Å². The summed E-state index contributed by atoms with van der Waals surface area (Å²) in [5.41, 5.74) is 5.07. The number of halogens is 1. The minimum Gasteiger partial charge on any atom is -0.496 e. The second-order valence-corrected chi connectivity index (χ2v) is 9.26. The highest BCUT2D eigenvalue weighted by atomic mass is 19.1. The monoisotopic (exact) mass is 477 g/mol. The lowest BCUT2D eigenvalue weighted by atomic mass is 9.93. The van der Waals surface area contributed by atoms with Crippen LogP contribution < -0.4 is 24.8 Å². The first-order chi connectivity index (χ1) is 16.7. The first-order valence-electron chi connectivity index (χ1n) is 11.4. The van der Waals surface area contributed by atoms with Crippen molar-refractivity contribution in [1.29, 1.82) is 0 Å². The molecule has 0 aliphatic carbocycles. The van der Waals surface area contributed by atoms with Crippen molar-refractivity contribution in [2.24, 2.45) is 0 Å². The van der Waals surface area contributed by atoms with Crippen LogP contribution in [-0.2, 0) is 16.1 Å². The quantitative estimate of drug-likeness (QED) is 0.489. The number of aryl methyl sites for hydroxylation is 1. The van der Waals surface area contributed by atoms with Gasteiger partial charge in [-0.2, -0.15) is 0 Å². The SMILES string of the molecule is COCOc1ccc(-c2ccc3c4c2CN(c2cc(F)ccc2C)N4C(=O)C(C)(C)N3)c(OC)c1. The third-order valence-corrected chi connectivity index (χ3v) is 6.47. The smallest absolute Gasteiger partial charge is 0.270 e. The Kier molecular flexibility index (Phi) is 5.56. The van der Waals surface area contributed by atoms with Crippen LogP contribution in [-0.4, -0.2) is 32.5 Å². The zero-order valence-electron chi connectivity index (χ0n) is 20.4. The standard InChI is InChI=1S/C27H28FN3O4/c1-16-6-7-17(28)12-23(16)30-14-21-19(20-9-8-18(35-15-33-4)13-24(20)34-5)10-11-22-25(21)31(30)26(32)27(2,3)29-22/h6-13,29H,14-15H2,1-5H3. The van der Waals surface area contributed by atoms with E-state index in [1.807, 2.05) is 56.1 Å². The summed E-state index contributed by atoms with van der Waals surface area (Å²) >= 11 is 0. The average Bonchev–Trinajstić information content (AvgIpc) is 3.24. The highest BCUT2D eigenvalue weighted by Gasteiger charge is 2.47. The van der Waals surface area contributed by atoms with E-state index in [0.29, 0.717) is 23.7 Å². The predicted octanol–water partition coefficient (Wildman–Crippen LogP) is 5.26. The molecule has 2 aliphatic rings. The number of carbonyl (C=O) groups excluding carboxylic acids is 1. The van der Waals surface area contributed by atoms with Crippen molar-refractivity contribution < 1.29 is 23.4 Å². The number of carbonyl (C=O) groups is 1. The van der Waals surface area contributed by atoms with E-state index in [2.05, 4.69) is 5.32 Å². The van der Waals surface area contributed by atoms with E-state index in [1.54, 1.807) is 25.3 Å². The van der Waals surface area contributed by atoms with E-state index in [0.717, 1.165) is 33.6 Å². The van der Waals surface area contributed by atoms with E-state index in [4.69, 9.17) is 14.2 Å². The minimum atomic E-state index is -0.826. The highest BCUT2D eigenvalue weighted by Crippen LogP contribution is 2.50. The van der Waals surface area contributed by atoms with Gasteiger partial charge in [-0.15, -0.1) is 0 Å². The van der Waals surface area contributed by atoms with Crippen LogP contribution in [0.25, 0.3) is 11.1 Å². The molecule has 0 unspecified atom stereocenters. The lowest BCUT2D eigenvalue weighted by Crippen LogP contribution is -2.57. The first-order valence-corrected chi connectivity index (χ1v) is 11.4. The van der Waals surface area contributed by atoms with Gasteiger partial charge in [0.1, 0.15) is 22.9 Å². The fourth-order valence-electron chi connectivity index (χ4n) is 4.76. The molecule has 0 aromatic heterocycles. The number of nitrogens with one attached hydrogen (secondary N) is 1. The molecule has 7 nitrogen and oxygen atoms in total. The Hall–Kier alpha value is -3.78. The van der Waals surface area contributed by atoms with Gasteiger partial charge in [-0.3, -0.25) is 9.80 Å². The largest absolute Gasteiger partial charge is 0.496 e. The summed E-state index contributed by atoms with van der Waals surface area (Å²) in [4.78, 5) is 13.6. The van der Waals surface area contributed by atoms with E-state index in [-0.39, 0.29) is 18.5 Å². The molecule has 5 rings (SSSR count). The molecule has 8 heteroatoms. The Morgan fingerprint density at radius 2 is 1.83 bits per heavy atom. The molecule has 2 heterocycles. The lowest BCUT2D eigenvalue weighted by Gasteiger charge is -2.41. The highest BCUT2D eigenvalue weighted by molar-refractivity contribution is 6.12. The topological polar surface area (TPSA) is 63.3 Å². The molecule has 2 aliphatic heterocycles. The number of benzene rings is 3. The zero-order chi connectivity index (χ0) is 24.9. The molecule has 35 heavy (non-hydrogen) atoms. The molecule has 3 aromatic rings. The summed E-state index contributed by atoms with van der Waals surface area (Å²) < 4.78 is 30.6. The van der Waals surface area contributed by atoms with E-state index in [9.17, 15) is 9.18 Å². The Labute approximate surface area is 204 Å². The molecular formula is C27H28FN3O4. The van der Waals surface area contributed by atoms with Crippen LogP contribution in [0.5, 0.6) is 11.5 Å². The molecule has 0 fully saturated rings. The number of anilines is 3. The van der Waals surface area contributed by atoms with Gasteiger partial charge in [0.2, 0.25) is 0 Å². The predicted molar refractivity (Wildman–Crippen MR) is 133 cm³/mol. The van der Waals surface area contributed by atoms with Gasteiger partial charge in [0.05, 0.1) is 30.7 Å². The van der Waals surface area contributed by atoms with Crippen LogP contribution in [0.3, 0.4) is 0 Å². The molecule has 0 atom stereocenters. The Morgan fingerprint density at radius 1 is 1.06 bits per heavy atom. The Bertz CT molecular complexity index is 1320. The third-order valence-electron chi connectivity index (χ3n) is 6.47. The maximum atomic E-state index is 14.3. The Morgan fingerprint density at radius 3 is 2.57 bits per heavy atom. The number of hydrazine groups is 1. The van der Waals surface area contributed by atoms with Gasteiger partial charge in [-0.25, -0.2) is 9.40 Å². The number of hydrogen-bond donors (Lipinski definition) is 1. The van der Waals surface area contributed by atoms with Crippen LogP contribution in [0.1, 0.15) is 25.0 Å². The van der Waals surface area contributed by atoms with Crippen molar-refractivity contribution in [3.05, 3.63) is 65.5 Å². The van der Waals surface area contributed by atoms with Gasteiger partial charge in [-0.05, 0) is 62.2 Å². The summed E-state index contributed by atoms with van der Waals surface area (Å²) in [5.74, 6) is 0.799. The maximum Gasteiger partial charge on any atom is 0.270 e. The number of ether oxygens (including phenoxy) is 3. The van der Waals surface area contributed by atoms with Crippen LogP contribution in [0.4, 0.5) is 21.5 Å². The van der Waals surface area contributed by atoms with Gasteiger partial charge < -0.3 is 19.5 Å². The Balaban J connectivity index is 1.68. The number of nitrogens with zero attached hydrogens (tertiary/aromatic N) is 2. The molecule has 0 bridgehead atoms. The summed E-state index contributed by atoms with van der Waals surface area (Å²) in [7, 11) is 3.17. The maximum absolute atomic E-state index is 14.3. The summed E-state index contributed by atoms with van der Waals surface area (Å²) in [5, 5.41) is 6.93. The van der Waals surface area contributed by atoms with Crippen molar-refractivity contribution >= 4 is 23.0 Å². The number of hydrogen-bond acceptors (Lipinski definition) is 6. The molecule has 182 valence electrons. The fraction of sp³-hybridized carbons (Fsp3) is 0.296. The van der Waals surface area contributed by atoms with Gasteiger partial charge in [0, 0.05) is 24.3 Å². The number of rotatable bonds is 6. The van der Waals surface area contributed by atoms with Gasteiger partial charge in [-0.1, -0.05) is 12.1 Å². The van der Waals surface area contributed by atoms with Crippen LogP contribution in [0, 0.1) is 12.7 Å². The molecule has 0 saturated carbocycles. The molecule has 3 aromatic carbocycles. The van der Waals surface area contributed by atoms with E-state index < -0.39 is 5.54 Å². The molecule has 0 spiro atoms. The minimum absolute atomic E-state index is 0.111. The second kappa shape index (κ2) is 8.46. The van der Waals surface area contributed by atoms with Crippen LogP contribution in [0.15, 0.2) is 48.5 Å². The van der Waals surface area contributed by atoms with E-state index >= 15 is 0 Å². The molecular weight excluding hydrogens is 449 g/mol. The van der Waals surface area contributed by atoms with Crippen molar-refractivity contribution in [3.63, 3.8) is 0 Å². The fourth-order valence-corrected chi connectivity index (χ4v) is 4.76.